The molecule has 0 atom stereocenters. The molecule has 2 heterocycles. The van der Waals surface area contributed by atoms with Crippen LogP contribution in [-0.4, -0.2) is 15.9 Å². The Morgan fingerprint density at radius 1 is 1.00 bits per heavy atom. The number of aromatic nitrogens is 2. The average molecular weight is 428 g/mol. The molecule has 4 nitrogen and oxygen atoms in total. The Balaban J connectivity index is 1.58. The molecule has 31 heavy (non-hydrogen) atoms. The van der Waals surface area contributed by atoms with Crippen molar-refractivity contribution in [2.45, 2.75) is 46.1 Å². The number of aryl methyl sites for hydroxylation is 4. The minimum absolute atomic E-state index is 0.0200. The Labute approximate surface area is 186 Å². The molecule has 0 bridgehead atoms. The van der Waals surface area contributed by atoms with Crippen LogP contribution in [0.2, 0.25) is 0 Å². The van der Waals surface area contributed by atoms with Crippen molar-refractivity contribution >= 4 is 32.6 Å². The molecule has 0 aliphatic heterocycles. The largest absolute Gasteiger partial charge is 0.278 e. The smallest absolute Gasteiger partial charge is 0.260 e. The summed E-state index contributed by atoms with van der Waals surface area (Å²) in [5.74, 6) is -0.0200. The lowest BCUT2D eigenvalue weighted by Gasteiger charge is -2.21. The molecule has 0 saturated carbocycles. The summed E-state index contributed by atoms with van der Waals surface area (Å²) in [5, 5.41) is 0.723. The van der Waals surface area contributed by atoms with E-state index in [-0.39, 0.29) is 5.91 Å². The van der Waals surface area contributed by atoms with Crippen LogP contribution < -0.4 is 4.90 Å². The van der Waals surface area contributed by atoms with E-state index < -0.39 is 0 Å². The predicted molar refractivity (Wildman–Crippen MR) is 127 cm³/mol. The van der Waals surface area contributed by atoms with Gasteiger partial charge >= 0.3 is 0 Å². The zero-order valence-corrected chi connectivity index (χ0v) is 18.7. The number of hydrogen-bond acceptors (Lipinski definition) is 4. The molecule has 156 valence electrons. The third-order valence-corrected chi connectivity index (χ3v) is 7.26. The van der Waals surface area contributed by atoms with E-state index in [9.17, 15) is 4.79 Å². The van der Waals surface area contributed by atoms with Crippen LogP contribution in [0.5, 0.6) is 0 Å². The van der Waals surface area contributed by atoms with Gasteiger partial charge in [-0.3, -0.25) is 14.7 Å². The lowest BCUT2D eigenvalue weighted by molar-refractivity contribution is 0.0984. The highest BCUT2D eigenvalue weighted by Crippen LogP contribution is 2.34. The summed E-state index contributed by atoms with van der Waals surface area (Å²) in [4.78, 5) is 24.9. The van der Waals surface area contributed by atoms with Crippen molar-refractivity contribution in [2.24, 2.45) is 0 Å². The Bertz CT molecular complexity index is 1220. The number of pyridine rings is 1. The van der Waals surface area contributed by atoms with Crippen LogP contribution in [0.4, 0.5) is 5.13 Å². The Morgan fingerprint density at radius 3 is 2.58 bits per heavy atom. The molecule has 0 saturated heterocycles. The Kier molecular flexibility index (Phi) is 5.28. The van der Waals surface area contributed by atoms with Gasteiger partial charge in [0.05, 0.1) is 22.5 Å². The third-order valence-electron chi connectivity index (χ3n) is 6.05. The second kappa shape index (κ2) is 8.23. The van der Waals surface area contributed by atoms with Crippen LogP contribution in [0.15, 0.2) is 54.7 Å². The van der Waals surface area contributed by atoms with E-state index in [1.54, 1.807) is 22.4 Å². The van der Waals surface area contributed by atoms with Crippen molar-refractivity contribution in [3.63, 3.8) is 0 Å². The molecule has 0 N–H and O–H groups in total. The first-order valence-corrected chi connectivity index (χ1v) is 11.6. The average Bonchev–Trinajstić information content (AvgIpc) is 3.26. The van der Waals surface area contributed by atoms with Gasteiger partial charge in [0.25, 0.3) is 5.91 Å². The summed E-state index contributed by atoms with van der Waals surface area (Å²) in [6.45, 7) is 4.56. The third kappa shape index (κ3) is 3.86. The van der Waals surface area contributed by atoms with Gasteiger partial charge in [-0.15, -0.1) is 0 Å². The van der Waals surface area contributed by atoms with Crippen LogP contribution in [-0.2, 0) is 19.4 Å². The second-order valence-electron chi connectivity index (χ2n) is 8.28. The molecule has 0 radical (unpaired) electrons. The van der Waals surface area contributed by atoms with E-state index in [1.807, 2.05) is 24.3 Å². The van der Waals surface area contributed by atoms with Gasteiger partial charge in [-0.25, -0.2) is 4.98 Å². The van der Waals surface area contributed by atoms with Gasteiger partial charge in [-0.2, -0.15) is 0 Å². The highest BCUT2D eigenvalue weighted by molar-refractivity contribution is 7.22. The first-order chi connectivity index (χ1) is 15.1. The van der Waals surface area contributed by atoms with Crippen molar-refractivity contribution in [3.8, 4) is 0 Å². The summed E-state index contributed by atoms with van der Waals surface area (Å²) >= 11 is 1.58. The fraction of sp³-hybridized carbons (Fsp3) is 0.269. The highest BCUT2D eigenvalue weighted by Gasteiger charge is 2.24. The molecule has 0 fully saturated rings. The zero-order valence-electron chi connectivity index (χ0n) is 17.9. The summed E-state index contributed by atoms with van der Waals surface area (Å²) in [5.41, 5.74) is 7.55. The summed E-state index contributed by atoms with van der Waals surface area (Å²) in [6.07, 6.45) is 6.35. The number of carbonyl (C=O) groups excluding carboxylic acids is 1. The van der Waals surface area contributed by atoms with Gasteiger partial charge in [0.1, 0.15) is 0 Å². The van der Waals surface area contributed by atoms with Gasteiger partial charge in [0.2, 0.25) is 0 Å². The van der Waals surface area contributed by atoms with Crippen molar-refractivity contribution in [1.29, 1.82) is 0 Å². The Hall–Kier alpha value is -3.05. The standard InChI is InChI=1S/C26H25N3OS/c1-17-10-11-18(2)24-23(17)28-26(31-24)29(16-22-9-5-6-14-27-22)25(30)21-13-12-19-7-3-4-8-20(19)15-21/h5-6,9-15H,3-4,7-8,16H2,1-2H3. The van der Waals surface area contributed by atoms with Gasteiger partial charge in [0.15, 0.2) is 5.13 Å². The number of anilines is 1. The number of carbonyl (C=O) groups is 1. The lowest BCUT2D eigenvalue weighted by atomic mass is 9.90. The van der Waals surface area contributed by atoms with Gasteiger partial charge in [0, 0.05) is 11.8 Å². The van der Waals surface area contributed by atoms with E-state index >= 15 is 0 Å². The lowest BCUT2D eigenvalue weighted by Crippen LogP contribution is -2.31. The number of fused-ring (bicyclic) bond motifs is 2. The summed E-state index contributed by atoms with van der Waals surface area (Å²) in [7, 11) is 0. The van der Waals surface area contributed by atoms with E-state index in [0.29, 0.717) is 6.54 Å². The van der Waals surface area contributed by atoms with Crippen molar-refractivity contribution in [3.05, 3.63) is 88.2 Å². The normalized spacial score (nSPS) is 13.2. The zero-order chi connectivity index (χ0) is 21.4. The minimum atomic E-state index is -0.0200. The van der Waals surface area contributed by atoms with Crippen LogP contribution in [0, 0.1) is 13.8 Å². The molecular weight excluding hydrogens is 402 g/mol. The van der Waals surface area contributed by atoms with Gasteiger partial charge in [-0.1, -0.05) is 35.6 Å². The quantitative estimate of drug-likeness (QED) is 0.399. The van der Waals surface area contributed by atoms with Crippen LogP contribution in [0.3, 0.4) is 0 Å². The maximum Gasteiger partial charge on any atom is 0.260 e. The van der Waals surface area contributed by atoms with E-state index in [2.05, 4.69) is 43.1 Å². The number of benzene rings is 2. The molecule has 5 heteroatoms. The van der Waals surface area contributed by atoms with E-state index in [0.717, 1.165) is 45.0 Å². The second-order valence-corrected chi connectivity index (χ2v) is 9.25. The maximum absolute atomic E-state index is 13.7. The fourth-order valence-electron chi connectivity index (χ4n) is 4.27. The van der Waals surface area contributed by atoms with Crippen molar-refractivity contribution < 1.29 is 4.79 Å². The SMILES string of the molecule is Cc1ccc(C)c2sc(N(Cc3ccccn3)C(=O)c3ccc4c(c3)CCCC4)nc12. The molecule has 0 unspecified atom stereocenters. The minimum Gasteiger partial charge on any atom is -0.278 e. The number of rotatable bonds is 4. The number of amides is 1. The molecule has 1 amide bonds. The molecule has 1 aliphatic rings. The molecule has 2 aromatic carbocycles. The molecule has 5 rings (SSSR count). The summed E-state index contributed by atoms with van der Waals surface area (Å²) < 4.78 is 1.14. The molecule has 1 aliphatic carbocycles. The molecule has 2 aromatic heterocycles. The maximum atomic E-state index is 13.7. The van der Waals surface area contributed by atoms with Crippen LogP contribution >= 0.6 is 11.3 Å². The summed E-state index contributed by atoms with van der Waals surface area (Å²) in [6, 6.07) is 16.2. The highest BCUT2D eigenvalue weighted by atomic mass is 32.1. The number of thiazole rings is 1. The van der Waals surface area contributed by atoms with Crippen molar-refractivity contribution in [2.75, 3.05) is 4.90 Å². The Morgan fingerprint density at radius 2 is 1.81 bits per heavy atom. The number of nitrogens with zero attached hydrogens (tertiary/aromatic N) is 3. The van der Waals surface area contributed by atoms with Gasteiger partial charge < -0.3 is 0 Å². The first kappa shape index (κ1) is 19.9. The monoisotopic (exact) mass is 427 g/mol. The van der Waals surface area contributed by atoms with E-state index in [4.69, 9.17) is 4.98 Å². The van der Waals surface area contributed by atoms with E-state index in [1.165, 1.54) is 29.5 Å². The first-order valence-electron chi connectivity index (χ1n) is 10.8. The van der Waals surface area contributed by atoms with Crippen LogP contribution in [0.25, 0.3) is 10.2 Å². The van der Waals surface area contributed by atoms with Gasteiger partial charge in [-0.05, 0) is 86.1 Å². The molecule has 0 spiro atoms. The number of hydrogen-bond donors (Lipinski definition) is 0. The molecular formula is C26H25N3OS. The molecule has 4 aromatic rings. The predicted octanol–water partition coefficient (Wildman–Crippen LogP) is 6.03. The fourth-order valence-corrected chi connectivity index (χ4v) is 5.38. The van der Waals surface area contributed by atoms with Crippen molar-refractivity contribution in [1.82, 2.24) is 9.97 Å². The topological polar surface area (TPSA) is 46.1 Å². The van der Waals surface area contributed by atoms with Crippen LogP contribution in [0.1, 0.15) is 51.1 Å².